The van der Waals surface area contributed by atoms with Gasteiger partial charge in [0.2, 0.25) is 0 Å². The Hall–Kier alpha value is -3.81. The number of hydrogen-bond donors (Lipinski definition) is 3. The third-order valence-corrected chi connectivity index (χ3v) is 4.43. The summed E-state index contributed by atoms with van der Waals surface area (Å²) in [6.45, 7) is 5.38. The van der Waals surface area contributed by atoms with E-state index in [4.69, 9.17) is 9.47 Å². The van der Waals surface area contributed by atoms with Crippen LogP contribution in [-0.4, -0.2) is 39.9 Å². The Balaban J connectivity index is 1.99. The van der Waals surface area contributed by atoms with Gasteiger partial charge in [-0.3, -0.25) is 0 Å². The average Bonchev–Trinajstić information content (AvgIpc) is 2.74. The molecule has 0 aliphatic carbocycles. The Morgan fingerprint density at radius 2 is 1.61 bits per heavy atom. The molecule has 0 fully saturated rings. The van der Waals surface area contributed by atoms with Gasteiger partial charge in [-0.2, -0.15) is 0 Å². The Bertz CT molecular complexity index is 976. The molecule has 1 unspecified atom stereocenters. The van der Waals surface area contributed by atoms with Crippen LogP contribution >= 0.6 is 0 Å². The molecule has 176 valence electrons. The van der Waals surface area contributed by atoms with Gasteiger partial charge in [0, 0.05) is 12.0 Å². The highest BCUT2D eigenvalue weighted by atomic mass is 16.6. The zero-order valence-corrected chi connectivity index (χ0v) is 18.9. The number of carboxylic acid groups (broad SMARTS) is 2. The van der Waals surface area contributed by atoms with Crippen LogP contribution < -0.4 is 10.1 Å². The highest BCUT2D eigenvalue weighted by Crippen LogP contribution is 2.17. The summed E-state index contributed by atoms with van der Waals surface area (Å²) in [4.78, 5) is 35.0. The summed E-state index contributed by atoms with van der Waals surface area (Å²) in [7, 11) is 0. The van der Waals surface area contributed by atoms with Gasteiger partial charge in [-0.15, -0.1) is 0 Å². The molecule has 0 saturated carbocycles. The van der Waals surface area contributed by atoms with Crippen LogP contribution in [0.1, 0.15) is 38.3 Å². The maximum absolute atomic E-state index is 11.9. The zero-order chi connectivity index (χ0) is 24.4. The van der Waals surface area contributed by atoms with Gasteiger partial charge in [-0.05, 0) is 50.5 Å². The number of carbonyl (C=O) groups is 3. The molecule has 1 amide bonds. The van der Waals surface area contributed by atoms with Crippen molar-refractivity contribution in [2.75, 3.05) is 0 Å². The molecule has 2 aromatic carbocycles. The molecule has 8 heteroatoms. The first-order chi connectivity index (χ1) is 15.5. The normalized spacial score (nSPS) is 12.5. The number of carbonyl (C=O) groups excluding carboxylic acids is 1. The summed E-state index contributed by atoms with van der Waals surface area (Å²) in [6, 6.07) is 15.4. The van der Waals surface area contributed by atoms with Crippen molar-refractivity contribution < 1.29 is 34.1 Å². The van der Waals surface area contributed by atoms with Crippen LogP contribution in [0, 0.1) is 0 Å². The van der Waals surface area contributed by atoms with E-state index < -0.39 is 29.7 Å². The van der Waals surface area contributed by atoms with Crippen LogP contribution in [0.4, 0.5) is 4.79 Å². The monoisotopic (exact) mass is 455 g/mol. The van der Waals surface area contributed by atoms with Crippen LogP contribution in [0.2, 0.25) is 0 Å². The van der Waals surface area contributed by atoms with E-state index >= 15 is 0 Å². The maximum atomic E-state index is 11.9. The van der Waals surface area contributed by atoms with E-state index in [1.165, 1.54) is 6.08 Å². The molecular formula is C25H29NO7. The molecule has 0 bridgehead atoms. The number of ether oxygens (including phenoxy) is 2. The molecule has 2 aromatic rings. The largest absolute Gasteiger partial charge is 0.489 e. The molecule has 0 aliphatic heterocycles. The third kappa shape index (κ3) is 9.47. The van der Waals surface area contributed by atoms with Crippen molar-refractivity contribution >= 4 is 18.0 Å². The van der Waals surface area contributed by atoms with Gasteiger partial charge in [0.15, 0.2) is 0 Å². The fourth-order valence-corrected chi connectivity index (χ4v) is 2.83. The summed E-state index contributed by atoms with van der Waals surface area (Å²) in [5, 5.41) is 21.1. The van der Waals surface area contributed by atoms with Crippen LogP contribution in [0.3, 0.4) is 0 Å². The van der Waals surface area contributed by atoms with Crippen molar-refractivity contribution in [2.45, 2.75) is 51.9 Å². The van der Waals surface area contributed by atoms with E-state index in [-0.39, 0.29) is 18.4 Å². The summed E-state index contributed by atoms with van der Waals surface area (Å²) >= 11 is 0. The first kappa shape index (κ1) is 25.5. The predicted molar refractivity (Wildman–Crippen MR) is 122 cm³/mol. The SMILES string of the molecule is CC(C)(C)OC(=O)NC(CC=C(Cc1ccc(OCc2ccccc2)cc1)C(=O)O)C(=O)O. The van der Waals surface area contributed by atoms with E-state index in [2.05, 4.69) is 5.32 Å². The summed E-state index contributed by atoms with van der Waals surface area (Å²) in [5.41, 5.74) is 0.991. The van der Waals surface area contributed by atoms with Crippen molar-refractivity contribution in [2.24, 2.45) is 0 Å². The quantitative estimate of drug-likeness (QED) is 0.459. The van der Waals surface area contributed by atoms with Gasteiger partial charge in [0.25, 0.3) is 0 Å². The molecule has 0 heterocycles. The second-order valence-corrected chi connectivity index (χ2v) is 8.40. The molecule has 3 N–H and O–H groups in total. The van der Waals surface area contributed by atoms with Gasteiger partial charge in [-0.25, -0.2) is 14.4 Å². The first-order valence-electron chi connectivity index (χ1n) is 10.4. The highest BCUT2D eigenvalue weighted by Gasteiger charge is 2.23. The average molecular weight is 456 g/mol. The Labute approximate surface area is 192 Å². The lowest BCUT2D eigenvalue weighted by Crippen LogP contribution is -2.43. The standard InChI is InChI=1S/C25H29NO7/c1-25(2,3)33-24(31)26-21(23(29)30)14-11-19(22(27)28)15-17-9-12-20(13-10-17)32-16-18-7-5-4-6-8-18/h4-13,21H,14-16H2,1-3H3,(H,26,31)(H,27,28)(H,29,30). The van der Waals surface area contributed by atoms with Gasteiger partial charge < -0.3 is 25.0 Å². The van der Waals surface area contributed by atoms with Crippen molar-refractivity contribution in [1.82, 2.24) is 5.32 Å². The molecule has 2 rings (SSSR count). The number of alkyl carbamates (subject to hydrolysis) is 1. The summed E-state index contributed by atoms with van der Waals surface area (Å²) in [6.07, 6.45) is 0.311. The van der Waals surface area contributed by atoms with E-state index in [0.29, 0.717) is 12.4 Å². The van der Waals surface area contributed by atoms with Crippen LogP contribution in [-0.2, 0) is 27.4 Å². The Morgan fingerprint density at radius 1 is 0.970 bits per heavy atom. The molecular weight excluding hydrogens is 426 g/mol. The maximum Gasteiger partial charge on any atom is 0.408 e. The lowest BCUT2D eigenvalue weighted by Gasteiger charge is -2.21. The molecule has 0 spiro atoms. The number of carboxylic acids is 2. The Kier molecular flexibility index (Phi) is 9.03. The van der Waals surface area contributed by atoms with E-state index in [1.54, 1.807) is 45.0 Å². The van der Waals surface area contributed by atoms with Crippen molar-refractivity contribution in [1.29, 1.82) is 0 Å². The Morgan fingerprint density at radius 3 is 2.15 bits per heavy atom. The third-order valence-electron chi connectivity index (χ3n) is 4.43. The molecule has 1 atom stereocenters. The number of hydrogen-bond acceptors (Lipinski definition) is 5. The highest BCUT2D eigenvalue weighted by molar-refractivity contribution is 5.87. The van der Waals surface area contributed by atoms with Crippen LogP contribution in [0.15, 0.2) is 66.2 Å². The van der Waals surface area contributed by atoms with Gasteiger partial charge >= 0.3 is 18.0 Å². The van der Waals surface area contributed by atoms with Gasteiger partial charge in [-0.1, -0.05) is 48.5 Å². The zero-order valence-electron chi connectivity index (χ0n) is 18.9. The molecule has 0 radical (unpaired) electrons. The topological polar surface area (TPSA) is 122 Å². The number of aliphatic carboxylic acids is 2. The number of amides is 1. The molecule has 8 nitrogen and oxygen atoms in total. The van der Waals surface area contributed by atoms with Crippen molar-refractivity contribution in [3.63, 3.8) is 0 Å². The number of rotatable bonds is 10. The van der Waals surface area contributed by atoms with Crippen LogP contribution in [0.5, 0.6) is 5.75 Å². The lowest BCUT2D eigenvalue weighted by molar-refractivity contribution is -0.139. The minimum absolute atomic E-state index is 0.0187. The smallest absolute Gasteiger partial charge is 0.408 e. The van der Waals surface area contributed by atoms with Crippen molar-refractivity contribution in [3.8, 4) is 5.75 Å². The molecule has 0 aromatic heterocycles. The number of benzene rings is 2. The van der Waals surface area contributed by atoms with Gasteiger partial charge in [0.1, 0.15) is 24.0 Å². The molecule has 0 saturated heterocycles. The number of nitrogens with one attached hydrogen (secondary N) is 1. The second-order valence-electron chi connectivity index (χ2n) is 8.40. The van der Waals surface area contributed by atoms with E-state index in [1.807, 2.05) is 30.3 Å². The minimum Gasteiger partial charge on any atom is -0.489 e. The van der Waals surface area contributed by atoms with E-state index in [9.17, 15) is 24.6 Å². The predicted octanol–water partition coefficient (Wildman–Crippen LogP) is 4.19. The molecule has 0 aliphatic rings. The second kappa shape index (κ2) is 11.7. The van der Waals surface area contributed by atoms with E-state index in [0.717, 1.165) is 11.1 Å². The minimum atomic E-state index is -1.32. The van der Waals surface area contributed by atoms with Crippen LogP contribution in [0.25, 0.3) is 0 Å². The summed E-state index contributed by atoms with van der Waals surface area (Å²) in [5.74, 6) is -1.81. The molecule has 33 heavy (non-hydrogen) atoms. The van der Waals surface area contributed by atoms with Gasteiger partial charge in [0.05, 0.1) is 0 Å². The van der Waals surface area contributed by atoms with Crippen molar-refractivity contribution in [3.05, 3.63) is 77.4 Å². The fraction of sp³-hybridized carbons (Fsp3) is 0.320. The fourth-order valence-electron chi connectivity index (χ4n) is 2.83. The summed E-state index contributed by atoms with van der Waals surface area (Å²) < 4.78 is 10.8. The first-order valence-corrected chi connectivity index (χ1v) is 10.4. The lowest BCUT2D eigenvalue weighted by atomic mass is 10.0.